The van der Waals surface area contributed by atoms with Crippen LogP contribution in [0, 0.1) is 0 Å². The van der Waals surface area contributed by atoms with Gasteiger partial charge >= 0.3 is 0 Å². The van der Waals surface area contributed by atoms with Gasteiger partial charge in [-0.05, 0) is 25.6 Å². The molecule has 17 heavy (non-hydrogen) atoms. The van der Waals surface area contributed by atoms with E-state index in [1.165, 1.54) is 0 Å². The van der Waals surface area contributed by atoms with Gasteiger partial charge in [0.25, 0.3) is 0 Å². The van der Waals surface area contributed by atoms with Gasteiger partial charge in [-0.15, -0.1) is 5.10 Å². The van der Waals surface area contributed by atoms with E-state index < -0.39 is 0 Å². The van der Waals surface area contributed by atoms with Crippen molar-refractivity contribution in [3.05, 3.63) is 17.8 Å². The highest BCUT2D eigenvalue weighted by Gasteiger charge is 2.20. The van der Waals surface area contributed by atoms with Gasteiger partial charge in [-0.1, -0.05) is 6.92 Å². The van der Waals surface area contributed by atoms with Gasteiger partial charge in [0, 0.05) is 13.1 Å². The number of nitrogens with zero attached hydrogens (tertiary/aromatic N) is 3. The number of nitrogens with one attached hydrogen (secondary N) is 1. The fourth-order valence-electron chi connectivity index (χ4n) is 1.92. The summed E-state index contributed by atoms with van der Waals surface area (Å²) < 4.78 is 5.41. The maximum atomic E-state index is 5.41. The van der Waals surface area contributed by atoms with Crippen LogP contribution in [0.1, 0.15) is 19.5 Å². The Labute approximate surface area is 102 Å². The van der Waals surface area contributed by atoms with Crippen molar-refractivity contribution in [2.45, 2.75) is 26.4 Å². The average Bonchev–Trinajstić information content (AvgIpc) is 2.38. The largest absolute Gasteiger partial charge is 0.377 e. The average molecular weight is 236 g/mol. The van der Waals surface area contributed by atoms with E-state index in [4.69, 9.17) is 4.74 Å². The molecule has 0 amide bonds. The van der Waals surface area contributed by atoms with Crippen molar-refractivity contribution in [3.63, 3.8) is 0 Å². The lowest BCUT2D eigenvalue weighted by molar-refractivity contribution is 0.0984. The number of aromatic nitrogens is 2. The third-order valence-electron chi connectivity index (χ3n) is 2.92. The monoisotopic (exact) mass is 236 g/mol. The van der Waals surface area contributed by atoms with Crippen molar-refractivity contribution in [3.8, 4) is 0 Å². The summed E-state index contributed by atoms with van der Waals surface area (Å²) in [5.41, 5.74) is 0.983. The molecule has 1 aromatic heterocycles. The summed E-state index contributed by atoms with van der Waals surface area (Å²) in [5, 5.41) is 11.8. The molecule has 5 nitrogen and oxygen atoms in total. The smallest absolute Gasteiger partial charge is 0.151 e. The van der Waals surface area contributed by atoms with Crippen LogP contribution in [0.2, 0.25) is 0 Å². The first-order valence-corrected chi connectivity index (χ1v) is 6.19. The van der Waals surface area contributed by atoms with E-state index in [1.54, 1.807) is 0 Å². The predicted molar refractivity (Wildman–Crippen MR) is 67.0 cm³/mol. The molecular formula is C12H20N4O. The zero-order valence-corrected chi connectivity index (χ0v) is 10.5. The van der Waals surface area contributed by atoms with Crippen molar-refractivity contribution in [1.29, 1.82) is 0 Å². The van der Waals surface area contributed by atoms with Crippen LogP contribution >= 0.6 is 0 Å². The van der Waals surface area contributed by atoms with Gasteiger partial charge in [-0.2, -0.15) is 5.10 Å². The number of hydrogen-bond donors (Lipinski definition) is 1. The number of hydrogen-bond acceptors (Lipinski definition) is 5. The molecule has 1 N–H and O–H groups in total. The van der Waals surface area contributed by atoms with Crippen LogP contribution in [-0.4, -0.2) is 42.5 Å². The molecule has 94 valence electrons. The fraction of sp³-hybridized carbons (Fsp3) is 0.667. The maximum Gasteiger partial charge on any atom is 0.151 e. The standard InChI is InChI=1S/C12H20N4O/c1-3-13-8-11-4-5-12(15-14-11)16-6-7-17-9-10(16)2/h4-5,10,13H,3,6-9H2,1-2H3. The molecule has 1 saturated heterocycles. The molecule has 0 aromatic carbocycles. The molecule has 2 rings (SSSR count). The Hall–Kier alpha value is -1.20. The molecule has 0 spiro atoms. The topological polar surface area (TPSA) is 50.3 Å². The zero-order chi connectivity index (χ0) is 12.1. The molecule has 1 aromatic rings. The molecular weight excluding hydrogens is 216 g/mol. The summed E-state index contributed by atoms with van der Waals surface area (Å²) in [6, 6.07) is 4.45. The molecule has 5 heteroatoms. The van der Waals surface area contributed by atoms with Crippen LogP contribution in [0.5, 0.6) is 0 Å². The van der Waals surface area contributed by atoms with Crippen LogP contribution < -0.4 is 10.2 Å². The van der Waals surface area contributed by atoms with E-state index in [1.807, 2.05) is 12.1 Å². The van der Waals surface area contributed by atoms with Crippen molar-refractivity contribution in [2.24, 2.45) is 0 Å². The number of ether oxygens (including phenoxy) is 1. The summed E-state index contributed by atoms with van der Waals surface area (Å²) in [4.78, 5) is 2.24. The Balaban J connectivity index is 2.01. The van der Waals surface area contributed by atoms with Crippen LogP contribution in [0.25, 0.3) is 0 Å². The highest BCUT2D eigenvalue weighted by atomic mass is 16.5. The van der Waals surface area contributed by atoms with Crippen molar-refractivity contribution < 1.29 is 4.74 Å². The van der Waals surface area contributed by atoms with Crippen molar-refractivity contribution >= 4 is 5.82 Å². The molecule has 0 bridgehead atoms. The number of anilines is 1. The van der Waals surface area contributed by atoms with E-state index in [0.717, 1.165) is 44.4 Å². The minimum Gasteiger partial charge on any atom is -0.377 e. The second-order valence-electron chi connectivity index (χ2n) is 4.28. The number of morpholine rings is 1. The van der Waals surface area contributed by atoms with Gasteiger partial charge in [0.05, 0.1) is 24.9 Å². The summed E-state index contributed by atoms with van der Waals surface area (Å²) in [6.45, 7) is 8.38. The first-order valence-electron chi connectivity index (χ1n) is 6.19. The number of rotatable bonds is 4. The Morgan fingerprint density at radius 2 is 2.35 bits per heavy atom. The second kappa shape index (κ2) is 5.93. The van der Waals surface area contributed by atoms with Crippen molar-refractivity contribution in [2.75, 3.05) is 31.2 Å². The van der Waals surface area contributed by atoms with Gasteiger partial charge in [-0.3, -0.25) is 0 Å². The van der Waals surface area contributed by atoms with E-state index in [0.29, 0.717) is 6.04 Å². The molecule has 0 saturated carbocycles. The molecule has 2 heterocycles. The lowest BCUT2D eigenvalue weighted by Crippen LogP contribution is -2.44. The van der Waals surface area contributed by atoms with Crippen LogP contribution in [0.3, 0.4) is 0 Å². The Morgan fingerprint density at radius 3 is 3.00 bits per heavy atom. The van der Waals surface area contributed by atoms with Crippen LogP contribution in [0.15, 0.2) is 12.1 Å². The quantitative estimate of drug-likeness (QED) is 0.838. The summed E-state index contributed by atoms with van der Waals surface area (Å²) in [7, 11) is 0. The maximum absolute atomic E-state index is 5.41. The Bertz CT molecular complexity index is 341. The first-order chi connectivity index (χ1) is 8.31. The van der Waals surface area contributed by atoms with Gasteiger partial charge in [0.15, 0.2) is 5.82 Å². The third kappa shape index (κ3) is 3.14. The lowest BCUT2D eigenvalue weighted by Gasteiger charge is -2.33. The first kappa shape index (κ1) is 12.3. The normalized spacial score (nSPS) is 20.6. The summed E-state index contributed by atoms with van der Waals surface area (Å²) >= 11 is 0. The van der Waals surface area contributed by atoms with Crippen LogP contribution in [0.4, 0.5) is 5.82 Å². The van der Waals surface area contributed by atoms with E-state index in [2.05, 4.69) is 34.3 Å². The van der Waals surface area contributed by atoms with Crippen LogP contribution in [-0.2, 0) is 11.3 Å². The van der Waals surface area contributed by atoms with E-state index in [9.17, 15) is 0 Å². The molecule has 1 fully saturated rings. The fourth-order valence-corrected chi connectivity index (χ4v) is 1.92. The zero-order valence-electron chi connectivity index (χ0n) is 10.5. The highest BCUT2D eigenvalue weighted by molar-refractivity contribution is 5.39. The van der Waals surface area contributed by atoms with Gasteiger partial charge in [0.1, 0.15) is 0 Å². The van der Waals surface area contributed by atoms with E-state index in [-0.39, 0.29) is 0 Å². The molecule has 0 aliphatic carbocycles. The van der Waals surface area contributed by atoms with Gasteiger partial charge < -0.3 is 15.0 Å². The van der Waals surface area contributed by atoms with Crippen molar-refractivity contribution in [1.82, 2.24) is 15.5 Å². The molecule has 1 atom stereocenters. The van der Waals surface area contributed by atoms with E-state index >= 15 is 0 Å². The minimum absolute atomic E-state index is 0.373. The predicted octanol–water partition coefficient (Wildman–Crippen LogP) is 0.811. The van der Waals surface area contributed by atoms with Gasteiger partial charge in [-0.25, -0.2) is 0 Å². The minimum atomic E-state index is 0.373. The highest BCUT2D eigenvalue weighted by Crippen LogP contribution is 2.15. The molecule has 1 aliphatic rings. The lowest BCUT2D eigenvalue weighted by atomic mass is 10.2. The summed E-state index contributed by atoms with van der Waals surface area (Å²) in [5.74, 6) is 0.945. The Kier molecular flexibility index (Phi) is 4.28. The summed E-state index contributed by atoms with van der Waals surface area (Å²) in [6.07, 6.45) is 0. The second-order valence-corrected chi connectivity index (χ2v) is 4.28. The molecule has 0 radical (unpaired) electrons. The molecule has 1 unspecified atom stereocenters. The third-order valence-corrected chi connectivity index (χ3v) is 2.92. The SMILES string of the molecule is CCNCc1ccc(N2CCOCC2C)nn1. The van der Waals surface area contributed by atoms with Gasteiger partial charge in [0.2, 0.25) is 0 Å². The molecule has 1 aliphatic heterocycles. The Morgan fingerprint density at radius 1 is 1.47 bits per heavy atom.